The summed E-state index contributed by atoms with van der Waals surface area (Å²) >= 11 is 1.17. The number of ether oxygens (including phenoxy) is 1. The minimum absolute atomic E-state index is 0.296. The van der Waals surface area contributed by atoms with Gasteiger partial charge in [0.15, 0.2) is 5.13 Å². The highest BCUT2D eigenvalue weighted by molar-refractivity contribution is 7.17. The van der Waals surface area contributed by atoms with Crippen LogP contribution in [0.5, 0.6) is 5.75 Å². The number of hydrogen-bond donors (Lipinski definition) is 2. The highest BCUT2D eigenvalue weighted by Gasteiger charge is 2.15. The van der Waals surface area contributed by atoms with Gasteiger partial charge >= 0.3 is 0 Å². The Bertz CT molecular complexity index is 680. The van der Waals surface area contributed by atoms with Gasteiger partial charge in [-0.25, -0.2) is 10.4 Å². The number of carbonyl (C=O) groups is 1. The van der Waals surface area contributed by atoms with E-state index in [1.807, 2.05) is 31.2 Å². The minimum atomic E-state index is -0.296. The fourth-order valence-corrected chi connectivity index (χ4v) is 2.68. The number of nitrogens with two attached hydrogens (primary N) is 1. The van der Waals surface area contributed by atoms with Crippen LogP contribution in [0, 0.1) is 0 Å². The van der Waals surface area contributed by atoms with E-state index >= 15 is 0 Å². The summed E-state index contributed by atoms with van der Waals surface area (Å²) in [7, 11) is 0. The fraction of sp³-hybridized carbons (Fsp3) is 0.312. The number of carbonyl (C=O) groups excluding carboxylic acids is 1. The average molecular weight is 332 g/mol. The summed E-state index contributed by atoms with van der Waals surface area (Å²) in [5.74, 6) is 0.524. The van der Waals surface area contributed by atoms with Crippen LogP contribution in [0.15, 0.2) is 29.4 Å². The quantitative estimate of drug-likeness (QED) is 0.602. The predicted octanol–water partition coefficient (Wildman–Crippen LogP) is 2.84. The molecule has 0 saturated carbocycles. The van der Waals surface area contributed by atoms with E-state index in [1.165, 1.54) is 11.3 Å². The number of aromatic nitrogens is 1. The Morgan fingerprint density at radius 1 is 1.39 bits per heavy atom. The molecular formula is C16H20N4O2S. The van der Waals surface area contributed by atoms with Gasteiger partial charge in [-0.1, -0.05) is 25.2 Å². The normalized spacial score (nSPS) is 10.9. The SMILES string of the molecule is CCCOc1ccc(/C=N/NC(=O)c2sc(N)nc2CC)cc1. The molecular weight excluding hydrogens is 312 g/mol. The molecule has 2 aromatic rings. The molecule has 3 N–H and O–H groups in total. The molecule has 0 aliphatic heterocycles. The summed E-state index contributed by atoms with van der Waals surface area (Å²) < 4.78 is 5.51. The maximum absolute atomic E-state index is 12.1. The van der Waals surface area contributed by atoms with Crippen molar-refractivity contribution in [3.63, 3.8) is 0 Å². The van der Waals surface area contributed by atoms with Crippen molar-refractivity contribution in [2.45, 2.75) is 26.7 Å². The molecule has 0 spiro atoms. The summed E-state index contributed by atoms with van der Waals surface area (Å²) in [6.07, 6.45) is 3.20. The van der Waals surface area contributed by atoms with E-state index in [2.05, 4.69) is 22.4 Å². The van der Waals surface area contributed by atoms with Gasteiger partial charge in [0, 0.05) is 0 Å². The van der Waals surface area contributed by atoms with Crippen LogP contribution in [0.1, 0.15) is 41.2 Å². The van der Waals surface area contributed by atoms with Gasteiger partial charge in [0.05, 0.1) is 18.5 Å². The number of hydrogen-bond acceptors (Lipinski definition) is 6. The molecule has 1 aromatic heterocycles. The molecule has 7 heteroatoms. The molecule has 1 amide bonds. The molecule has 23 heavy (non-hydrogen) atoms. The molecule has 122 valence electrons. The monoisotopic (exact) mass is 332 g/mol. The number of nitrogens with zero attached hydrogens (tertiary/aromatic N) is 2. The van der Waals surface area contributed by atoms with Crippen LogP contribution in [-0.4, -0.2) is 23.7 Å². The number of anilines is 1. The standard InChI is InChI=1S/C16H20N4O2S/c1-3-9-22-12-7-5-11(6-8-12)10-18-20-15(21)14-13(4-2)19-16(17)23-14/h5-8,10H,3-4,9H2,1-2H3,(H2,17,19)(H,20,21)/b18-10+. The second kappa shape index (κ2) is 8.28. The zero-order valence-corrected chi connectivity index (χ0v) is 14.0. The molecule has 0 saturated heterocycles. The third kappa shape index (κ3) is 4.79. The van der Waals surface area contributed by atoms with Crippen molar-refractivity contribution in [2.75, 3.05) is 12.3 Å². The topological polar surface area (TPSA) is 89.6 Å². The third-order valence-electron chi connectivity index (χ3n) is 2.99. The first kappa shape index (κ1) is 17.0. The molecule has 0 atom stereocenters. The molecule has 0 aliphatic carbocycles. The first-order chi connectivity index (χ1) is 11.1. The zero-order chi connectivity index (χ0) is 16.7. The van der Waals surface area contributed by atoms with Crippen molar-refractivity contribution in [3.05, 3.63) is 40.4 Å². The second-order valence-electron chi connectivity index (χ2n) is 4.80. The van der Waals surface area contributed by atoms with Crippen molar-refractivity contribution in [3.8, 4) is 5.75 Å². The van der Waals surface area contributed by atoms with Gasteiger partial charge in [0.2, 0.25) is 0 Å². The largest absolute Gasteiger partial charge is 0.494 e. The van der Waals surface area contributed by atoms with Crippen molar-refractivity contribution in [2.24, 2.45) is 5.10 Å². The Morgan fingerprint density at radius 2 is 2.13 bits per heavy atom. The Morgan fingerprint density at radius 3 is 2.78 bits per heavy atom. The van der Waals surface area contributed by atoms with Crippen molar-refractivity contribution >= 4 is 28.6 Å². The smallest absolute Gasteiger partial charge is 0.283 e. The van der Waals surface area contributed by atoms with Gasteiger partial charge in [0.1, 0.15) is 10.6 Å². The lowest BCUT2D eigenvalue weighted by Gasteiger charge is -2.03. The number of nitrogen functional groups attached to an aromatic ring is 1. The lowest BCUT2D eigenvalue weighted by Crippen LogP contribution is -2.17. The maximum atomic E-state index is 12.1. The molecule has 1 heterocycles. The Hall–Kier alpha value is -2.41. The van der Waals surface area contributed by atoms with E-state index in [4.69, 9.17) is 10.5 Å². The molecule has 0 radical (unpaired) electrons. The van der Waals surface area contributed by atoms with Crippen LogP contribution in [-0.2, 0) is 6.42 Å². The maximum Gasteiger partial charge on any atom is 0.283 e. The molecule has 0 unspecified atom stereocenters. The van der Waals surface area contributed by atoms with E-state index in [9.17, 15) is 4.79 Å². The van der Waals surface area contributed by atoms with E-state index in [-0.39, 0.29) is 5.91 Å². The lowest BCUT2D eigenvalue weighted by molar-refractivity contribution is 0.0958. The van der Waals surface area contributed by atoms with E-state index in [0.29, 0.717) is 28.7 Å². The summed E-state index contributed by atoms with van der Waals surface area (Å²) in [6, 6.07) is 7.50. The molecule has 6 nitrogen and oxygen atoms in total. The molecule has 0 bridgehead atoms. The van der Waals surface area contributed by atoms with Crippen LogP contribution in [0.4, 0.5) is 5.13 Å². The van der Waals surface area contributed by atoms with Gasteiger partial charge in [0.25, 0.3) is 5.91 Å². The summed E-state index contributed by atoms with van der Waals surface area (Å²) in [6.45, 7) is 4.68. The van der Waals surface area contributed by atoms with Crippen molar-refractivity contribution < 1.29 is 9.53 Å². The Balaban J connectivity index is 1.94. The fourth-order valence-electron chi connectivity index (χ4n) is 1.87. The van der Waals surface area contributed by atoms with Crippen molar-refractivity contribution in [1.82, 2.24) is 10.4 Å². The van der Waals surface area contributed by atoms with Gasteiger partial charge in [-0.05, 0) is 42.7 Å². The molecule has 1 aromatic carbocycles. The number of thiazole rings is 1. The Labute approximate surface area is 139 Å². The van der Waals surface area contributed by atoms with E-state index in [1.54, 1.807) is 6.21 Å². The van der Waals surface area contributed by atoms with Gasteiger partial charge < -0.3 is 10.5 Å². The number of rotatable bonds is 7. The summed E-state index contributed by atoms with van der Waals surface area (Å²) in [5.41, 5.74) is 9.70. The average Bonchev–Trinajstić information content (AvgIpc) is 2.95. The van der Waals surface area contributed by atoms with Crippen LogP contribution >= 0.6 is 11.3 Å². The minimum Gasteiger partial charge on any atom is -0.494 e. The first-order valence-electron chi connectivity index (χ1n) is 7.45. The summed E-state index contributed by atoms with van der Waals surface area (Å²) in [4.78, 5) is 16.7. The number of hydrazone groups is 1. The van der Waals surface area contributed by atoms with E-state index < -0.39 is 0 Å². The molecule has 0 fully saturated rings. The third-order valence-corrected chi connectivity index (χ3v) is 3.91. The highest BCUT2D eigenvalue weighted by Crippen LogP contribution is 2.20. The first-order valence-corrected chi connectivity index (χ1v) is 8.27. The lowest BCUT2D eigenvalue weighted by atomic mass is 10.2. The number of nitrogens with one attached hydrogen (secondary N) is 1. The Kier molecular flexibility index (Phi) is 6.10. The second-order valence-corrected chi connectivity index (χ2v) is 5.83. The van der Waals surface area contributed by atoms with Crippen LogP contribution in [0.25, 0.3) is 0 Å². The van der Waals surface area contributed by atoms with Gasteiger partial charge in [-0.3, -0.25) is 4.79 Å². The van der Waals surface area contributed by atoms with Crippen LogP contribution < -0.4 is 15.9 Å². The molecule has 2 rings (SSSR count). The number of amides is 1. The predicted molar refractivity (Wildman–Crippen MR) is 93.2 cm³/mol. The zero-order valence-electron chi connectivity index (χ0n) is 13.2. The van der Waals surface area contributed by atoms with Crippen molar-refractivity contribution in [1.29, 1.82) is 0 Å². The van der Waals surface area contributed by atoms with Crippen LogP contribution in [0.3, 0.4) is 0 Å². The van der Waals surface area contributed by atoms with Gasteiger partial charge in [-0.2, -0.15) is 5.10 Å². The summed E-state index contributed by atoms with van der Waals surface area (Å²) in [5, 5.41) is 4.35. The number of aryl methyl sites for hydroxylation is 1. The van der Waals surface area contributed by atoms with E-state index in [0.717, 1.165) is 17.7 Å². The highest BCUT2D eigenvalue weighted by atomic mass is 32.1. The van der Waals surface area contributed by atoms with Gasteiger partial charge in [-0.15, -0.1) is 0 Å². The number of benzene rings is 1. The molecule has 0 aliphatic rings. The van der Waals surface area contributed by atoms with Crippen LogP contribution in [0.2, 0.25) is 0 Å².